The summed E-state index contributed by atoms with van der Waals surface area (Å²) in [4.78, 5) is 0. The Bertz CT molecular complexity index is 584. The van der Waals surface area contributed by atoms with Crippen molar-refractivity contribution in [3.8, 4) is 0 Å². The summed E-state index contributed by atoms with van der Waals surface area (Å²) in [5.74, 6) is 0.526. The molecule has 2 aromatic rings. The Balaban J connectivity index is 2.31. The average molecular weight is 253 g/mol. The van der Waals surface area contributed by atoms with Gasteiger partial charge in [0.15, 0.2) is 0 Å². The van der Waals surface area contributed by atoms with Gasteiger partial charge in [-0.25, -0.2) is 0 Å². The summed E-state index contributed by atoms with van der Waals surface area (Å²) in [6.07, 6.45) is 6.43. The highest BCUT2D eigenvalue weighted by atomic mass is 35.5. The average Bonchev–Trinajstić information content (AvgIpc) is 2.58. The largest absolute Gasteiger partial charge is 0.122 e. The van der Waals surface area contributed by atoms with Gasteiger partial charge in [0.05, 0.1) is 0 Å². The molecule has 1 aliphatic carbocycles. The van der Waals surface area contributed by atoms with E-state index in [1.165, 1.54) is 27.8 Å². The normalized spacial score (nSPS) is 12.6. The fraction of sp³-hybridized carbons (Fsp3) is 0.0588. The van der Waals surface area contributed by atoms with Crippen molar-refractivity contribution in [2.24, 2.45) is 0 Å². The fourth-order valence-electron chi connectivity index (χ4n) is 2.40. The van der Waals surface area contributed by atoms with Crippen LogP contribution in [0.3, 0.4) is 0 Å². The Labute approximate surface area is 112 Å². The number of hydrogen-bond donors (Lipinski definition) is 0. The predicted octanol–water partition coefficient (Wildman–Crippen LogP) is 4.84. The molecule has 0 spiro atoms. The molecule has 3 rings (SSSR count). The summed E-state index contributed by atoms with van der Waals surface area (Å²) in [7, 11) is 0. The van der Waals surface area contributed by atoms with Gasteiger partial charge in [-0.1, -0.05) is 66.8 Å². The Morgan fingerprint density at radius 3 is 1.78 bits per heavy atom. The van der Waals surface area contributed by atoms with Crippen LogP contribution in [0.15, 0.2) is 54.6 Å². The Hall–Kier alpha value is -1.79. The van der Waals surface area contributed by atoms with Crippen molar-refractivity contribution < 1.29 is 0 Å². The second-order valence-electron chi connectivity index (χ2n) is 4.28. The van der Waals surface area contributed by atoms with Gasteiger partial charge < -0.3 is 0 Å². The third-order valence-corrected chi connectivity index (χ3v) is 3.38. The molecule has 18 heavy (non-hydrogen) atoms. The minimum Gasteiger partial charge on any atom is -0.122 e. The first kappa shape index (κ1) is 11.3. The van der Waals surface area contributed by atoms with Gasteiger partial charge in [-0.2, -0.15) is 0 Å². The minimum atomic E-state index is 0.526. The van der Waals surface area contributed by atoms with Crippen LogP contribution in [-0.4, -0.2) is 5.88 Å². The summed E-state index contributed by atoms with van der Waals surface area (Å²) < 4.78 is 0. The fourth-order valence-corrected chi connectivity index (χ4v) is 2.55. The molecule has 0 heterocycles. The van der Waals surface area contributed by atoms with Gasteiger partial charge in [-0.3, -0.25) is 0 Å². The topological polar surface area (TPSA) is 0 Å². The van der Waals surface area contributed by atoms with E-state index in [2.05, 4.69) is 66.8 Å². The third-order valence-electron chi connectivity index (χ3n) is 3.23. The van der Waals surface area contributed by atoms with Crippen LogP contribution >= 0.6 is 11.6 Å². The molecule has 0 aliphatic heterocycles. The first-order valence-corrected chi connectivity index (χ1v) is 6.56. The van der Waals surface area contributed by atoms with E-state index in [-0.39, 0.29) is 0 Å². The van der Waals surface area contributed by atoms with Crippen molar-refractivity contribution in [1.82, 2.24) is 0 Å². The molecule has 0 unspecified atom stereocenters. The maximum absolute atomic E-state index is 5.92. The minimum absolute atomic E-state index is 0.526. The third kappa shape index (κ3) is 1.89. The molecule has 0 amide bonds. The van der Waals surface area contributed by atoms with Gasteiger partial charge in [0, 0.05) is 5.88 Å². The van der Waals surface area contributed by atoms with Crippen LogP contribution in [0.1, 0.15) is 22.3 Å². The maximum Gasteiger partial charge on any atom is 0.0413 e. The molecule has 0 fully saturated rings. The molecule has 0 nitrogen and oxygen atoms in total. The number of benzene rings is 2. The number of halogens is 1. The maximum atomic E-state index is 5.92. The Morgan fingerprint density at radius 1 is 0.778 bits per heavy atom. The lowest BCUT2D eigenvalue weighted by Gasteiger charge is -2.11. The summed E-state index contributed by atoms with van der Waals surface area (Å²) in [6, 6.07) is 16.9. The molecule has 0 radical (unpaired) electrons. The number of rotatable bonds is 1. The highest BCUT2D eigenvalue weighted by Gasteiger charge is 2.13. The molecule has 1 heteroatoms. The van der Waals surface area contributed by atoms with E-state index in [0.29, 0.717) is 5.88 Å². The van der Waals surface area contributed by atoms with Crippen LogP contribution in [-0.2, 0) is 0 Å². The van der Waals surface area contributed by atoms with Crippen LogP contribution in [0.2, 0.25) is 0 Å². The van der Waals surface area contributed by atoms with E-state index >= 15 is 0 Å². The molecule has 0 atom stereocenters. The summed E-state index contributed by atoms with van der Waals surface area (Å²) in [5, 5.41) is 0. The second-order valence-corrected chi connectivity index (χ2v) is 4.59. The molecule has 0 N–H and O–H groups in total. The van der Waals surface area contributed by atoms with Crippen LogP contribution in [0, 0.1) is 0 Å². The van der Waals surface area contributed by atoms with E-state index in [0.717, 1.165) is 0 Å². The number of alkyl halides is 1. The van der Waals surface area contributed by atoms with Crippen molar-refractivity contribution in [1.29, 1.82) is 0 Å². The highest BCUT2D eigenvalue weighted by Crippen LogP contribution is 2.33. The highest BCUT2D eigenvalue weighted by molar-refractivity contribution is 6.19. The Morgan fingerprint density at radius 2 is 1.28 bits per heavy atom. The first-order valence-electron chi connectivity index (χ1n) is 6.03. The lowest BCUT2D eigenvalue weighted by atomic mass is 9.93. The van der Waals surface area contributed by atoms with Crippen molar-refractivity contribution in [3.63, 3.8) is 0 Å². The number of hydrogen-bond acceptors (Lipinski definition) is 0. The van der Waals surface area contributed by atoms with Crippen molar-refractivity contribution in [3.05, 3.63) is 76.9 Å². The molecular weight excluding hydrogens is 240 g/mol. The van der Waals surface area contributed by atoms with Gasteiger partial charge in [-0.05, 0) is 27.8 Å². The monoisotopic (exact) mass is 252 g/mol. The molecule has 2 aromatic carbocycles. The van der Waals surface area contributed by atoms with Gasteiger partial charge in [0.2, 0.25) is 0 Å². The quantitative estimate of drug-likeness (QED) is 0.544. The van der Waals surface area contributed by atoms with Crippen molar-refractivity contribution in [2.45, 2.75) is 0 Å². The van der Waals surface area contributed by atoms with E-state index in [1.54, 1.807) is 0 Å². The molecule has 0 saturated carbocycles. The molecule has 88 valence electrons. The molecular formula is C17H13Cl. The first-order chi connectivity index (χ1) is 8.90. The van der Waals surface area contributed by atoms with Gasteiger partial charge in [0.1, 0.15) is 0 Å². The Kier molecular flexibility index (Phi) is 3.04. The van der Waals surface area contributed by atoms with Crippen LogP contribution in [0.25, 0.3) is 17.7 Å². The van der Waals surface area contributed by atoms with Gasteiger partial charge >= 0.3 is 0 Å². The van der Waals surface area contributed by atoms with Gasteiger partial charge in [-0.15, -0.1) is 11.6 Å². The van der Waals surface area contributed by atoms with E-state index in [4.69, 9.17) is 11.6 Å². The molecule has 1 aliphatic rings. The lowest BCUT2D eigenvalue weighted by molar-refractivity contribution is 1.51. The van der Waals surface area contributed by atoms with E-state index in [9.17, 15) is 0 Å². The number of allylic oxidation sites excluding steroid dienone is 1. The molecule has 0 saturated heterocycles. The zero-order valence-electron chi connectivity index (χ0n) is 9.94. The zero-order valence-corrected chi connectivity index (χ0v) is 10.7. The predicted molar refractivity (Wildman–Crippen MR) is 79.6 cm³/mol. The molecule has 0 bridgehead atoms. The smallest absolute Gasteiger partial charge is 0.0413 e. The van der Waals surface area contributed by atoms with Crippen LogP contribution in [0.4, 0.5) is 0 Å². The van der Waals surface area contributed by atoms with Gasteiger partial charge in [0.25, 0.3) is 0 Å². The second kappa shape index (κ2) is 4.83. The summed E-state index contributed by atoms with van der Waals surface area (Å²) >= 11 is 5.92. The van der Waals surface area contributed by atoms with Crippen molar-refractivity contribution >= 4 is 29.3 Å². The van der Waals surface area contributed by atoms with Crippen LogP contribution in [0.5, 0.6) is 0 Å². The van der Waals surface area contributed by atoms with E-state index < -0.39 is 0 Å². The molecule has 0 aromatic heterocycles. The van der Waals surface area contributed by atoms with Crippen molar-refractivity contribution in [2.75, 3.05) is 5.88 Å². The SMILES string of the molecule is ClCC=C1c2ccccc2C=Cc2ccccc21. The van der Waals surface area contributed by atoms with E-state index in [1.807, 2.05) is 0 Å². The standard InChI is InChI=1S/C17H13Cl/c18-12-11-17-15-7-3-1-5-13(15)9-10-14-6-2-4-8-16(14)17/h1-11H,12H2. The lowest BCUT2D eigenvalue weighted by Crippen LogP contribution is -1.92. The zero-order chi connectivity index (χ0) is 12.4. The summed E-state index contributed by atoms with van der Waals surface area (Å²) in [6.45, 7) is 0. The van der Waals surface area contributed by atoms with Crippen LogP contribution < -0.4 is 0 Å². The number of fused-ring (bicyclic) bond motifs is 2. The summed E-state index contributed by atoms with van der Waals surface area (Å²) in [5.41, 5.74) is 6.20.